The third-order valence-corrected chi connectivity index (χ3v) is 5.12. The van der Waals surface area contributed by atoms with Crippen LogP contribution in [0, 0.1) is 5.82 Å². The largest absolute Gasteiger partial charge is 0.266 e. The first-order valence-corrected chi connectivity index (χ1v) is 7.75. The Labute approximate surface area is 124 Å². The Morgan fingerprint density at radius 2 is 2.05 bits per heavy atom. The van der Waals surface area contributed by atoms with E-state index in [0.717, 1.165) is 22.6 Å². The van der Waals surface area contributed by atoms with Crippen molar-refractivity contribution in [2.45, 2.75) is 11.1 Å². The van der Waals surface area contributed by atoms with Gasteiger partial charge in [0.15, 0.2) is 16.4 Å². The lowest BCUT2D eigenvalue weighted by Gasteiger charge is -2.11. The lowest BCUT2D eigenvalue weighted by atomic mass is 10.2. The lowest BCUT2D eigenvalue weighted by Crippen LogP contribution is -2.37. The predicted molar refractivity (Wildman–Crippen MR) is 79.3 cm³/mol. The quantitative estimate of drug-likeness (QED) is 0.673. The lowest BCUT2D eigenvalue weighted by molar-refractivity contribution is -0.667. The number of fused-ring (bicyclic) bond motifs is 3. The fraction of sp³-hybridized carbons (Fsp3) is 0.133. The average molecular weight is 306 g/mol. The van der Waals surface area contributed by atoms with Crippen LogP contribution in [-0.2, 0) is 5.75 Å². The van der Waals surface area contributed by atoms with Crippen LogP contribution in [0.4, 0.5) is 4.39 Å². The van der Waals surface area contributed by atoms with E-state index in [4.69, 9.17) is 11.6 Å². The molecule has 0 radical (unpaired) electrons. The summed E-state index contributed by atoms with van der Waals surface area (Å²) >= 11 is 7.90. The molecule has 0 aliphatic carbocycles. The highest BCUT2D eigenvalue weighted by atomic mass is 35.5. The number of thioether (sulfide) groups is 1. The second kappa shape index (κ2) is 4.50. The molecule has 4 rings (SSSR count). The van der Waals surface area contributed by atoms with Gasteiger partial charge in [-0.25, -0.2) is 13.9 Å². The van der Waals surface area contributed by atoms with Crippen LogP contribution in [0.1, 0.15) is 16.8 Å². The average Bonchev–Trinajstić information content (AvgIpc) is 2.98. The zero-order valence-corrected chi connectivity index (χ0v) is 12.0. The summed E-state index contributed by atoms with van der Waals surface area (Å²) in [6.45, 7) is 0. The summed E-state index contributed by atoms with van der Waals surface area (Å²) < 4.78 is 16.3. The van der Waals surface area contributed by atoms with E-state index in [0.29, 0.717) is 10.6 Å². The highest BCUT2D eigenvalue weighted by molar-refractivity contribution is 7.98. The number of benzene rings is 2. The van der Waals surface area contributed by atoms with Crippen LogP contribution < -0.4 is 4.57 Å². The van der Waals surface area contributed by atoms with E-state index in [2.05, 4.69) is 9.55 Å². The van der Waals surface area contributed by atoms with Crippen molar-refractivity contribution in [3.05, 3.63) is 64.7 Å². The number of aromatic nitrogens is 2. The summed E-state index contributed by atoms with van der Waals surface area (Å²) in [5.41, 5.74) is 2.71. The van der Waals surface area contributed by atoms with Crippen LogP contribution in [-0.4, -0.2) is 4.98 Å². The molecule has 1 aliphatic heterocycles. The molecule has 2 heterocycles. The number of aromatic amines is 1. The monoisotopic (exact) mass is 305 g/mol. The summed E-state index contributed by atoms with van der Waals surface area (Å²) in [5.74, 6) is 1.67. The molecule has 0 saturated heterocycles. The molecule has 1 aromatic heterocycles. The molecule has 100 valence electrons. The number of hydrogen-bond acceptors (Lipinski definition) is 1. The van der Waals surface area contributed by atoms with Crippen LogP contribution in [0.5, 0.6) is 0 Å². The van der Waals surface area contributed by atoms with Gasteiger partial charge in [0.25, 0.3) is 5.82 Å². The number of H-pyrrole nitrogens is 1. The van der Waals surface area contributed by atoms with Crippen molar-refractivity contribution in [1.82, 2.24) is 4.98 Å². The smallest absolute Gasteiger partial charge is 0.240 e. The van der Waals surface area contributed by atoms with Gasteiger partial charge in [0.2, 0.25) is 0 Å². The first-order valence-electron chi connectivity index (χ1n) is 6.32. The number of nitrogens with zero attached hydrogens (tertiary/aromatic N) is 1. The van der Waals surface area contributed by atoms with Crippen molar-refractivity contribution in [3.63, 3.8) is 0 Å². The second-order valence-electron chi connectivity index (χ2n) is 4.76. The normalized spacial score (nSPS) is 17.6. The molecule has 0 unspecified atom stereocenters. The van der Waals surface area contributed by atoms with Gasteiger partial charge in [-0.3, -0.25) is 0 Å². The van der Waals surface area contributed by atoms with Crippen molar-refractivity contribution in [2.75, 3.05) is 0 Å². The molecule has 0 bridgehead atoms. The Kier molecular flexibility index (Phi) is 2.75. The highest BCUT2D eigenvalue weighted by Crippen LogP contribution is 2.39. The van der Waals surface area contributed by atoms with Crippen molar-refractivity contribution in [1.29, 1.82) is 0 Å². The first kappa shape index (κ1) is 12.2. The van der Waals surface area contributed by atoms with Crippen molar-refractivity contribution >= 4 is 34.4 Å². The van der Waals surface area contributed by atoms with Crippen molar-refractivity contribution in [2.24, 2.45) is 0 Å². The van der Waals surface area contributed by atoms with Crippen LogP contribution in [0.2, 0.25) is 5.02 Å². The minimum absolute atomic E-state index is 0.116. The Bertz CT molecular complexity index is 794. The molecule has 5 heteroatoms. The van der Waals surface area contributed by atoms with Gasteiger partial charge >= 0.3 is 0 Å². The highest BCUT2D eigenvalue weighted by Gasteiger charge is 2.37. The van der Waals surface area contributed by atoms with E-state index in [9.17, 15) is 4.39 Å². The van der Waals surface area contributed by atoms with Gasteiger partial charge in [-0.05, 0) is 24.3 Å². The van der Waals surface area contributed by atoms with Gasteiger partial charge in [-0.2, -0.15) is 0 Å². The maximum atomic E-state index is 14.2. The van der Waals surface area contributed by atoms with Crippen molar-refractivity contribution < 1.29 is 8.96 Å². The van der Waals surface area contributed by atoms with Gasteiger partial charge < -0.3 is 0 Å². The Hall–Kier alpha value is -1.52. The van der Waals surface area contributed by atoms with Crippen LogP contribution in [0.15, 0.2) is 42.5 Å². The molecule has 2 aromatic carbocycles. The Balaban J connectivity index is 1.97. The van der Waals surface area contributed by atoms with Gasteiger partial charge in [0, 0.05) is 0 Å². The van der Waals surface area contributed by atoms with Crippen molar-refractivity contribution in [3.8, 4) is 0 Å². The zero-order chi connectivity index (χ0) is 13.7. The number of imidazole rings is 1. The van der Waals surface area contributed by atoms with Gasteiger partial charge in [0.1, 0.15) is 5.82 Å². The number of halogens is 2. The number of para-hydroxylation sites is 2. The van der Waals surface area contributed by atoms with E-state index in [1.54, 1.807) is 23.9 Å². The molecule has 0 amide bonds. The van der Waals surface area contributed by atoms with Crippen LogP contribution >= 0.6 is 23.4 Å². The van der Waals surface area contributed by atoms with E-state index in [-0.39, 0.29) is 11.2 Å². The number of rotatable bonds is 1. The molecule has 3 aromatic rings. The van der Waals surface area contributed by atoms with E-state index >= 15 is 0 Å². The summed E-state index contributed by atoms with van der Waals surface area (Å²) in [5, 5.41) is 0.364. The molecule has 1 atom stereocenters. The standard InChI is InChI=1S/C15H10ClFN2S/c16-9-4-3-5-10(17)14(9)15-19-12-7-2-1-6-11(12)18-13(19)8-20-15/h1-7,15H,8H2/p+1/t15-/m0/s1. The first-order chi connectivity index (χ1) is 9.75. The Morgan fingerprint density at radius 1 is 1.20 bits per heavy atom. The van der Waals surface area contributed by atoms with Gasteiger partial charge in [-0.15, -0.1) is 0 Å². The van der Waals surface area contributed by atoms with Gasteiger partial charge in [-0.1, -0.05) is 41.6 Å². The summed E-state index contributed by atoms with van der Waals surface area (Å²) in [7, 11) is 0. The molecule has 0 saturated carbocycles. The summed E-state index contributed by atoms with van der Waals surface area (Å²) in [4.78, 5) is 3.39. The molecule has 1 N–H and O–H groups in total. The fourth-order valence-electron chi connectivity index (χ4n) is 2.72. The van der Waals surface area contributed by atoms with Crippen LogP contribution in [0.25, 0.3) is 11.0 Å². The third kappa shape index (κ3) is 1.68. The van der Waals surface area contributed by atoms with E-state index in [1.807, 2.05) is 24.3 Å². The number of hydrogen-bond donors (Lipinski definition) is 1. The topological polar surface area (TPSA) is 19.7 Å². The molecule has 20 heavy (non-hydrogen) atoms. The predicted octanol–water partition coefficient (Wildman–Crippen LogP) is 4.04. The SMILES string of the molecule is Fc1cccc(Cl)c1[C@@H]1SCc2[nH]c3ccccc3[n+]21. The molecule has 1 aliphatic rings. The minimum atomic E-state index is -0.249. The second-order valence-corrected chi connectivity index (χ2v) is 6.23. The minimum Gasteiger partial charge on any atom is -0.240 e. The maximum absolute atomic E-state index is 14.2. The molecule has 0 spiro atoms. The summed E-state index contributed by atoms with van der Waals surface area (Å²) in [6, 6.07) is 12.9. The van der Waals surface area contributed by atoms with E-state index < -0.39 is 0 Å². The molecular formula is C15H11ClFN2S+. The van der Waals surface area contributed by atoms with Crippen LogP contribution in [0.3, 0.4) is 0 Å². The summed E-state index contributed by atoms with van der Waals surface area (Å²) in [6.07, 6.45) is 0. The zero-order valence-electron chi connectivity index (χ0n) is 10.4. The Morgan fingerprint density at radius 3 is 2.90 bits per heavy atom. The molecular weight excluding hydrogens is 295 g/mol. The third-order valence-electron chi connectivity index (χ3n) is 3.59. The molecule has 2 nitrogen and oxygen atoms in total. The maximum Gasteiger partial charge on any atom is 0.266 e. The molecule has 0 fully saturated rings. The number of nitrogens with one attached hydrogen (secondary N) is 1. The van der Waals surface area contributed by atoms with E-state index in [1.165, 1.54) is 6.07 Å². The fourth-order valence-corrected chi connectivity index (χ4v) is 4.37. The van der Waals surface area contributed by atoms with Gasteiger partial charge in [0.05, 0.1) is 16.3 Å².